The van der Waals surface area contributed by atoms with E-state index in [0.717, 1.165) is 6.42 Å². The molecule has 2 N–H and O–H groups in total. The second-order valence-electron chi connectivity index (χ2n) is 2.90. The van der Waals surface area contributed by atoms with Gasteiger partial charge in [-0.1, -0.05) is 6.92 Å². The maximum Gasteiger partial charge on any atom is 0.161 e. The molecule has 3 heteroatoms. The second kappa shape index (κ2) is 3.83. The molecule has 1 heterocycles. The van der Waals surface area contributed by atoms with Crippen LogP contribution in [0.2, 0.25) is 0 Å². The smallest absolute Gasteiger partial charge is 0.161 e. The van der Waals surface area contributed by atoms with Gasteiger partial charge in [0.15, 0.2) is 5.78 Å². The summed E-state index contributed by atoms with van der Waals surface area (Å²) >= 11 is 0. The van der Waals surface area contributed by atoms with Crippen LogP contribution in [0, 0.1) is 5.92 Å². The number of carbonyl (C=O) groups excluding carboxylic acids is 1. The molecule has 1 rings (SSSR count). The summed E-state index contributed by atoms with van der Waals surface area (Å²) in [6.07, 6.45) is 1.29. The fourth-order valence-corrected chi connectivity index (χ4v) is 1.43. The van der Waals surface area contributed by atoms with Gasteiger partial charge in [0.1, 0.15) is 6.10 Å². The molecular weight excluding hydrogens is 142 g/mol. The lowest BCUT2D eigenvalue weighted by Crippen LogP contribution is -2.30. The summed E-state index contributed by atoms with van der Waals surface area (Å²) in [5.41, 5.74) is 5.48. The number of nitrogens with two attached hydrogens (primary N) is 1. The van der Waals surface area contributed by atoms with Crippen molar-refractivity contribution in [1.82, 2.24) is 0 Å². The number of hydrogen-bond donors (Lipinski definition) is 1. The molecule has 0 bridgehead atoms. The van der Waals surface area contributed by atoms with Crippen molar-refractivity contribution in [1.29, 1.82) is 0 Å². The number of Topliss-reactive ketones (excluding diaryl/α,β-unsaturated/α-hetero) is 1. The lowest BCUT2D eigenvalue weighted by molar-refractivity contribution is -0.129. The van der Waals surface area contributed by atoms with E-state index in [1.165, 1.54) is 0 Å². The van der Waals surface area contributed by atoms with Gasteiger partial charge >= 0.3 is 0 Å². The summed E-state index contributed by atoms with van der Waals surface area (Å²) in [4.78, 5) is 11.2. The zero-order valence-electron chi connectivity index (χ0n) is 6.88. The highest BCUT2D eigenvalue weighted by molar-refractivity contribution is 5.83. The largest absolute Gasteiger partial charge is 0.370 e. The van der Waals surface area contributed by atoms with Crippen molar-refractivity contribution in [2.24, 2.45) is 11.7 Å². The molecule has 1 saturated heterocycles. The average Bonchev–Trinajstić information content (AvgIpc) is 2.50. The molecule has 0 aromatic carbocycles. The van der Waals surface area contributed by atoms with Crippen molar-refractivity contribution in [2.45, 2.75) is 25.9 Å². The van der Waals surface area contributed by atoms with Crippen molar-refractivity contribution in [2.75, 3.05) is 13.2 Å². The Labute approximate surface area is 66.9 Å². The third-order valence-electron chi connectivity index (χ3n) is 2.18. The van der Waals surface area contributed by atoms with Crippen LogP contribution >= 0.6 is 0 Å². The molecule has 1 aliphatic rings. The molecule has 0 unspecified atom stereocenters. The van der Waals surface area contributed by atoms with E-state index in [0.29, 0.717) is 19.6 Å². The summed E-state index contributed by atoms with van der Waals surface area (Å²) < 4.78 is 5.28. The number of rotatable bonds is 3. The Kier molecular flexibility index (Phi) is 3.02. The van der Waals surface area contributed by atoms with Crippen LogP contribution in [0.4, 0.5) is 0 Å². The van der Waals surface area contributed by atoms with Crippen molar-refractivity contribution in [3.05, 3.63) is 0 Å². The summed E-state index contributed by atoms with van der Waals surface area (Å²) in [6, 6.07) is 0. The normalized spacial score (nSPS) is 30.7. The minimum absolute atomic E-state index is 0.193. The Hall–Kier alpha value is -0.410. The Bertz CT molecular complexity index is 147. The minimum atomic E-state index is -0.204. The van der Waals surface area contributed by atoms with E-state index in [-0.39, 0.29) is 17.8 Å². The quantitative estimate of drug-likeness (QED) is 0.642. The number of ketones is 1. The fourth-order valence-electron chi connectivity index (χ4n) is 1.43. The van der Waals surface area contributed by atoms with Crippen molar-refractivity contribution >= 4 is 5.78 Å². The van der Waals surface area contributed by atoms with Crippen molar-refractivity contribution in [3.8, 4) is 0 Å². The van der Waals surface area contributed by atoms with Crippen LogP contribution in [0.5, 0.6) is 0 Å². The van der Waals surface area contributed by atoms with Crippen LogP contribution in [-0.2, 0) is 9.53 Å². The number of hydrogen-bond acceptors (Lipinski definition) is 3. The van der Waals surface area contributed by atoms with Crippen LogP contribution in [0.3, 0.4) is 0 Å². The first-order valence-electron chi connectivity index (χ1n) is 4.14. The first-order chi connectivity index (χ1) is 5.29. The molecule has 1 fully saturated rings. The van der Waals surface area contributed by atoms with Gasteiger partial charge in [0, 0.05) is 18.9 Å². The van der Waals surface area contributed by atoms with E-state index < -0.39 is 0 Å². The van der Waals surface area contributed by atoms with E-state index in [1.54, 1.807) is 0 Å². The molecule has 0 radical (unpaired) electrons. The zero-order chi connectivity index (χ0) is 8.27. The SMILES string of the molecule is CCC(=O)[C@H]1OCC[C@H]1CN. The van der Waals surface area contributed by atoms with E-state index >= 15 is 0 Å². The van der Waals surface area contributed by atoms with Crippen LogP contribution in [0.1, 0.15) is 19.8 Å². The molecule has 0 aromatic heterocycles. The van der Waals surface area contributed by atoms with Gasteiger partial charge < -0.3 is 10.5 Å². The molecule has 0 saturated carbocycles. The minimum Gasteiger partial charge on any atom is -0.370 e. The van der Waals surface area contributed by atoms with Crippen LogP contribution in [-0.4, -0.2) is 25.0 Å². The predicted octanol–water partition coefficient (Wildman–Crippen LogP) is 0.329. The first kappa shape index (κ1) is 8.68. The predicted molar refractivity (Wildman–Crippen MR) is 42.2 cm³/mol. The van der Waals surface area contributed by atoms with Gasteiger partial charge in [0.25, 0.3) is 0 Å². The van der Waals surface area contributed by atoms with Gasteiger partial charge in [0.05, 0.1) is 0 Å². The lowest BCUT2D eigenvalue weighted by atomic mass is 9.97. The van der Waals surface area contributed by atoms with E-state index in [1.807, 2.05) is 6.92 Å². The highest BCUT2D eigenvalue weighted by atomic mass is 16.5. The first-order valence-corrected chi connectivity index (χ1v) is 4.14. The lowest BCUT2D eigenvalue weighted by Gasteiger charge is -2.13. The van der Waals surface area contributed by atoms with Crippen LogP contribution in [0.15, 0.2) is 0 Å². The van der Waals surface area contributed by atoms with Crippen molar-refractivity contribution in [3.63, 3.8) is 0 Å². The molecular formula is C8H15NO2. The summed E-state index contributed by atoms with van der Waals surface area (Å²) in [7, 11) is 0. The Morgan fingerprint density at radius 1 is 1.73 bits per heavy atom. The summed E-state index contributed by atoms with van der Waals surface area (Å²) in [5.74, 6) is 0.459. The fraction of sp³-hybridized carbons (Fsp3) is 0.875. The van der Waals surface area contributed by atoms with Crippen LogP contribution < -0.4 is 5.73 Å². The van der Waals surface area contributed by atoms with E-state index in [9.17, 15) is 4.79 Å². The molecule has 0 aromatic rings. The third-order valence-corrected chi connectivity index (χ3v) is 2.18. The standard InChI is InChI=1S/C8H15NO2/c1-2-7(10)8-6(5-9)3-4-11-8/h6,8H,2-5,9H2,1H3/t6-,8-/m0/s1. The van der Waals surface area contributed by atoms with Gasteiger partial charge in [-0.25, -0.2) is 0 Å². The Morgan fingerprint density at radius 3 is 3.00 bits per heavy atom. The molecule has 2 atom stereocenters. The topological polar surface area (TPSA) is 52.3 Å². The molecule has 0 spiro atoms. The van der Waals surface area contributed by atoms with Crippen molar-refractivity contribution < 1.29 is 9.53 Å². The average molecular weight is 157 g/mol. The van der Waals surface area contributed by atoms with Gasteiger partial charge in [0.2, 0.25) is 0 Å². The molecule has 0 amide bonds. The van der Waals surface area contributed by atoms with E-state index in [2.05, 4.69) is 0 Å². The molecule has 64 valence electrons. The Morgan fingerprint density at radius 2 is 2.45 bits per heavy atom. The molecule has 11 heavy (non-hydrogen) atoms. The van der Waals surface area contributed by atoms with Gasteiger partial charge in [-0.3, -0.25) is 4.79 Å². The number of carbonyl (C=O) groups is 1. The van der Waals surface area contributed by atoms with Crippen LogP contribution in [0.25, 0.3) is 0 Å². The zero-order valence-corrected chi connectivity index (χ0v) is 6.88. The summed E-state index contributed by atoms with van der Waals surface area (Å²) in [6.45, 7) is 3.12. The van der Waals surface area contributed by atoms with Gasteiger partial charge in [-0.05, 0) is 13.0 Å². The highest BCUT2D eigenvalue weighted by Gasteiger charge is 2.31. The molecule has 0 aliphatic carbocycles. The maximum absolute atomic E-state index is 11.2. The molecule has 1 aliphatic heterocycles. The van der Waals surface area contributed by atoms with Gasteiger partial charge in [-0.2, -0.15) is 0 Å². The van der Waals surface area contributed by atoms with E-state index in [4.69, 9.17) is 10.5 Å². The molecule has 3 nitrogen and oxygen atoms in total. The third kappa shape index (κ3) is 1.79. The summed E-state index contributed by atoms with van der Waals surface area (Å²) in [5, 5.41) is 0. The maximum atomic E-state index is 11.2. The number of ether oxygens (including phenoxy) is 1. The second-order valence-corrected chi connectivity index (χ2v) is 2.90. The Balaban J connectivity index is 2.49. The monoisotopic (exact) mass is 157 g/mol. The highest BCUT2D eigenvalue weighted by Crippen LogP contribution is 2.21. The van der Waals surface area contributed by atoms with Gasteiger partial charge in [-0.15, -0.1) is 0 Å².